The van der Waals surface area contributed by atoms with Crippen LogP contribution in [0, 0.1) is 0 Å². The van der Waals surface area contributed by atoms with E-state index in [1.54, 1.807) is 6.08 Å². The third-order valence-electron chi connectivity index (χ3n) is 5.01. The van der Waals surface area contributed by atoms with Gasteiger partial charge in [-0.25, -0.2) is 0 Å². The number of epoxide rings is 1. The number of rotatable bonds is 12. The number of carbonyl (C=O) groups excluding carboxylic acids is 1. The van der Waals surface area contributed by atoms with E-state index in [-0.39, 0.29) is 37.0 Å². The van der Waals surface area contributed by atoms with Crippen molar-refractivity contribution in [1.82, 2.24) is 0 Å². The lowest BCUT2D eigenvalue weighted by Gasteiger charge is -2.17. The average Bonchev–Trinajstić information content (AvgIpc) is 3.24. The van der Waals surface area contributed by atoms with Gasteiger partial charge in [0.2, 0.25) is 0 Å². The molecular formula is C22H36O5. The Morgan fingerprint density at radius 1 is 1.19 bits per heavy atom. The minimum absolute atomic E-state index is 0.0187. The van der Waals surface area contributed by atoms with Gasteiger partial charge in [-0.15, -0.1) is 0 Å². The highest BCUT2D eigenvalue weighted by Crippen LogP contribution is 2.43. The third-order valence-corrected chi connectivity index (χ3v) is 5.01. The topological polar surface area (TPSA) is 79.3 Å². The number of hydrogen-bond acceptors (Lipinski definition) is 5. The number of carbonyl (C=O) groups is 1. The summed E-state index contributed by atoms with van der Waals surface area (Å²) in [5.74, 6) is -0.261. The van der Waals surface area contributed by atoms with E-state index in [9.17, 15) is 9.90 Å². The van der Waals surface area contributed by atoms with E-state index in [2.05, 4.69) is 19.1 Å². The van der Waals surface area contributed by atoms with Gasteiger partial charge in [0.1, 0.15) is 6.10 Å². The van der Waals surface area contributed by atoms with E-state index in [0.717, 1.165) is 36.8 Å². The highest BCUT2D eigenvalue weighted by Gasteiger charge is 2.50. The average molecular weight is 381 g/mol. The second-order valence-corrected chi connectivity index (χ2v) is 7.76. The first-order valence-corrected chi connectivity index (χ1v) is 9.76. The Kier molecular flexibility index (Phi) is 9.99. The van der Waals surface area contributed by atoms with E-state index < -0.39 is 0 Å². The smallest absolute Gasteiger partial charge is 0.303 e. The lowest BCUT2D eigenvalue weighted by Crippen LogP contribution is -2.17. The second kappa shape index (κ2) is 11.4. The molecule has 0 spiro atoms. The van der Waals surface area contributed by atoms with Gasteiger partial charge >= 0.3 is 5.97 Å². The Morgan fingerprint density at radius 3 is 2.44 bits per heavy atom. The van der Waals surface area contributed by atoms with Crippen LogP contribution in [-0.2, 0) is 14.3 Å². The molecule has 1 aliphatic heterocycles. The Balaban J connectivity index is 2.50. The van der Waals surface area contributed by atoms with Gasteiger partial charge in [-0.3, -0.25) is 4.79 Å². The van der Waals surface area contributed by atoms with Gasteiger partial charge in [-0.05, 0) is 64.5 Å². The van der Waals surface area contributed by atoms with Crippen molar-refractivity contribution in [3.63, 3.8) is 0 Å². The maximum absolute atomic E-state index is 11.4. The van der Waals surface area contributed by atoms with Crippen LogP contribution in [0.4, 0.5) is 0 Å². The van der Waals surface area contributed by atoms with Crippen LogP contribution in [0.2, 0.25) is 0 Å². The fourth-order valence-electron chi connectivity index (χ4n) is 3.15. The van der Waals surface area contributed by atoms with Crippen molar-refractivity contribution in [3.8, 4) is 0 Å². The van der Waals surface area contributed by atoms with E-state index in [4.69, 9.17) is 14.6 Å². The highest BCUT2D eigenvalue weighted by atomic mass is 16.6. The van der Waals surface area contributed by atoms with Crippen molar-refractivity contribution in [3.05, 3.63) is 34.9 Å². The lowest BCUT2D eigenvalue weighted by molar-refractivity contribution is -0.144. The minimum atomic E-state index is -0.261. The number of allylic oxidation sites excluding steroid dienone is 2. The van der Waals surface area contributed by atoms with Gasteiger partial charge in [-0.1, -0.05) is 23.8 Å². The molecule has 0 bridgehead atoms. The summed E-state index contributed by atoms with van der Waals surface area (Å²) in [4.78, 5) is 11.4. The first-order chi connectivity index (χ1) is 12.7. The van der Waals surface area contributed by atoms with E-state index in [0.29, 0.717) is 6.42 Å². The first kappa shape index (κ1) is 23.6. The summed E-state index contributed by atoms with van der Waals surface area (Å²) < 4.78 is 11.3. The monoisotopic (exact) mass is 380 g/mol. The van der Waals surface area contributed by atoms with Crippen molar-refractivity contribution in [2.24, 2.45) is 0 Å². The van der Waals surface area contributed by atoms with Crippen LogP contribution in [-0.4, -0.2) is 47.2 Å². The number of aliphatic hydroxyl groups excluding tert-OH is 2. The minimum Gasteiger partial charge on any atom is -0.458 e. The Hall–Kier alpha value is -1.43. The summed E-state index contributed by atoms with van der Waals surface area (Å²) in [5.41, 5.74) is 3.00. The van der Waals surface area contributed by atoms with Gasteiger partial charge in [0.25, 0.3) is 0 Å². The zero-order valence-corrected chi connectivity index (χ0v) is 17.5. The number of esters is 1. The predicted molar refractivity (Wildman–Crippen MR) is 107 cm³/mol. The summed E-state index contributed by atoms with van der Waals surface area (Å²) in [5, 5.41) is 18.2. The molecule has 0 unspecified atom stereocenters. The van der Waals surface area contributed by atoms with Gasteiger partial charge in [0, 0.05) is 13.3 Å². The molecule has 154 valence electrons. The summed E-state index contributed by atoms with van der Waals surface area (Å²) in [6, 6.07) is 0. The molecule has 27 heavy (non-hydrogen) atoms. The van der Waals surface area contributed by atoms with Crippen molar-refractivity contribution in [2.75, 3.05) is 13.2 Å². The Labute approximate surface area is 163 Å². The van der Waals surface area contributed by atoms with E-state index in [1.165, 1.54) is 12.5 Å². The molecule has 1 fully saturated rings. The molecule has 0 aromatic heterocycles. The molecule has 3 atom stereocenters. The molecule has 1 heterocycles. The third kappa shape index (κ3) is 8.87. The molecule has 2 N–H and O–H groups in total. The lowest BCUT2D eigenvalue weighted by atomic mass is 9.95. The van der Waals surface area contributed by atoms with Crippen LogP contribution < -0.4 is 0 Å². The summed E-state index contributed by atoms with van der Waals surface area (Å²) in [6.45, 7) is 9.57. The fourth-order valence-corrected chi connectivity index (χ4v) is 3.15. The molecular weight excluding hydrogens is 344 g/mol. The molecule has 5 nitrogen and oxygen atoms in total. The highest BCUT2D eigenvalue weighted by molar-refractivity contribution is 5.66. The van der Waals surface area contributed by atoms with Crippen LogP contribution in [0.25, 0.3) is 0 Å². The Bertz CT molecular complexity index is 571. The molecule has 1 saturated heterocycles. The predicted octanol–water partition coefficient (Wildman–Crippen LogP) is 3.85. The van der Waals surface area contributed by atoms with Crippen LogP contribution in [0.15, 0.2) is 34.9 Å². The zero-order chi connectivity index (χ0) is 20.4. The summed E-state index contributed by atoms with van der Waals surface area (Å²) >= 11 is 0. The summed E-state index contributed by atoms with van der Waals surface area (Å²) in [6.07, 6.45) is 9.92. The maximum Gasteiger partial charge on any atom is 0.303 e. The first-order valence-electron chi connectivity index (χ1n) is 9.76. The quantitative estimate of drug-likeness (QED) is 0.305. The number of ether oxygens (including phenoxy) is 2. The van der Waals surface area contributed by atoms with Crippen LogP contribution in [0.3, 0.4) is 0 Å². The zero-order valence-electron chi connectivity index (χ0n) is 17.5. The van der Waals surface area contributed by atoms with Crippen molar-refractivity contribution < 1.29 is 24.5 Å². The fraction of sp³-hybridized carbons (Fsp3) is 0.682. The molecule has 0 amide bonds. The van der Waals surface area contributed by atoms with Crippen LogP contribution in [0.1, 0.15) is 66.7 Å². The van der Waals surface area contributed by atoms with E-state index >= 15 is 0 Å². The standard InChI is InChI=1S/C22H36O5/c1-16(2)8-10-20(26-18(4)25)17(3)7-6-13-22(5)21(27-22)11-9-19(15-24)12-14-23/h7-8,12,20-21,23-24H,6,9-11,13-15H2,1-5H3/b17-7+,19-12-/t20-,21+,22+/m1/s1. The Morgan fingerprint density at radius 2 is 1.89 bits per heavy atom. The van der Waals surface area contributed by atoms with Crippen molar-refractivity contribution >= 4 is 5.97 Å². The molecule has 0 radical (unpaired) electrons. The molecule has 1 rings (SSSR count). The van der Waals surface area contributed by atoms with Crippen LogP contribution >= 0.6 is 0 Å². The largest absolute Gasteiger partial charge is 0.458 e. The van der Waals surface area contributed by atoms with Crippen LogP contribution in [0.5, 0.6) is 0 Å². The maximum atomic E-state index is 11.4. The SMILES string of the molecule is CC(=O)O[C@H](CC=C(C)C)/C(C)=C/CC[C@]1(C)O[C@H]1CC/C(=C/CO)CO. The summed E-state index contributed by atoms with van der Waals surface area (Å²) in [7, 11) is 0. The van der Waals surface area contributed by atoms with Gasteiger partial charge < -0.3 is 19.7 Å². The molecule has 0 aromatic carbocycles. The number of hydrogen-bond donors (Lipinski definition) is 2. The van der Waals surface area contributed by atoms with Crippen molar-refractivity contribution in [1.29, 1.82) is 0 Å². The molecule has 0 aromatic rings. The van der Waals surface area contributed by atoms with Gasteiger partial charge in [0.05, 0.1) is 24.9 Å². The normalized spacial score (nSPS) is 23.7. The van der Waals surface area contributed by atoms with Gasteiger partial charge in [0.15, 0.2) is 0 Å². The molecule has 0 saturated carbocycles. The molecule has 1 aliphatic rings. The number of aliphatic hydroxyl groups is 2. The van der Waals surface area contributed by atoms with E-state index in [1.807, 2.05) is 20.8 Å². The molecule has 5 heteroatoms. The second-order valence-electron chi connectivity index (χ2n) is 7.76. The van der Waals surface area contributed by atoms with Crippen molar-refractivity contribution in [2.45, 2.75) is 84.5 Å². The molecule has 0 aliphatic carbocycles. The van der Waals surface area contributed by atoms with Gasteiger partial charge in [-0.2, -0.15) is 0 Å².